The van der Waals surface area contributed by atoms with Crippen LogP contribution < -0.4 is 4.72 Å². The molecule has 23 heavy (non-hydrogen) atoms. The quantitative estimate of drug-likeness (QED) is 0.527. The Morgan fingerprint density at radius 1 is 1.26 bits per heavy atom. The standard InChI is InChI=1S/C13H17N3O5S2/c1-3-16(10-14)13(17)12(9-22(2,18)19)15-23(20,21)11-7-5-4-6-8-11/h4-8,12,15H,3,9H2,1-2H3. The zero-order chi connectivity index (χ0) is 17.7. The van der Waals surface area contributed by atoms with E-state index < -0.39 is 37.6 Å². The van der Waals surface area contributed by atoms with Crippen LogP contribution in [0.5, 0.6) is 0 Å². The monoisotopic (exact) mass is 359 g/mol. The molecule has 0 heterocycles. The van der Waals surface area contributed by atoms with E-state index in [1.807, 2.05) is 0 Å². The number of sulfone groups is 1. The molecule has 126 valence electrons. The number of likely N-dealkylation sites (N-methyl/N-ethyl adjacent to an activating group) is 1. The molecule has 10 heteroatoms. The minimum Gasteiger partial charge on any atom is -0.272 e. The lowest BCUT2D eigenvalue weighted by Crippen LogP contribution is -2.50. The van der Waals surface area contributed by atoms with Crippen molar-refractivity contribution >= 4 is 25.8 Å². The van der Waals surface area contributed by atoms with Gasteiger partial charge in [-0.05, 0) is 19.1 Å². The number of rotatable bonds is 7. The molecule has 1 atom stereocenters. The first-order valence-electron chi connectivity index (χ1n) is 6.57. The lowest BCUT2D eigenvalue weighted by atomic mass is 10.3. The van der Waals surface area contributed by atoms with Crippen molar-refractivity contribution < 1.29 is 21.6 Å². The summed E-state index contributed by atoms with van der Waals surface area (Å²) in [5.74, 6) is -1.66. The molecule has 0 saturated heterocycles. The van der Waals surface area contributed by atoms with Gasteiger partial charge in [-0.15, -0.1) is 0 Å². The summed E-state index contributed by atoms with van der Waals surface area (Å²) in [6.45, 7) is 1.52. The van der Waals surface area contributed by atoms with E-state index in [2.05, 4.69) is 4.72 Å². The second kappa shape index (κ2) is 7.54. The number of hydrogen-bond acceptors (Lipinski definition) is 6. The number of hydrogen-bond donors (Lipinski definition) is 1. The maximum absolute atomic E-state index is 12.3. The Balaban J connectivity index is 3.16. The van der Waals surface area contributed by atoms with Gasteiger partial charge >= 0.3 is 0 Å². The van der Waals surface area contributed by atoms with Crippen molar-refractivity contribution in [2.45, 2.75) is 17.9 Å². The summed E-state index contributed by atoms with van der Waals surface area (Å²) in [6, 6.07) is 5.66. The number of nitrogens with one attached hydrogen (secondary N) is 1. The third-order valence-corrected chi connectivity index (χ3v) is 5.25. The van der Waals surface area contributed by atoms with Crippen molar-refractivity contribution in [2.75, 3.05) is 18.6 Å². The molecule has 0 bridgehead atoms. The van der Waals surface area contributed by atoms with E-state index in [0.29, 0.717) is 4.90 Å². The van der Waals surface area contributed by atoms with Crippen molar-refractivity contribution in [3.8, 4) is 6.19 Å². The SMILES string of the molecule is CCN(C#N)C(=O)C(CS(C)(=O)=O)NS(=O)(=O)c1ccccc1. The van der Waals surface area contributed by atoms with Crippen LogP contribution >= 0.6 is 0 Å². The van der Waals surface area contributed by atoms with E-state index in [9.17, 15) is 21.6 Å². The second-order valence-electron chi connectivity index (χ2n) is 4.76. The predicted octanol–water partition coefficient (Wildman–Crippen LogP) is -0.292. The van der Waals surface area contributed by atoms with Crippen molar-refractivity contribution in [1.82, 2.24) is 9.62 Å². The normalized spacial score (nSPS) is 13.1. The van der Waals surface area contributed by atoms with Gasteiger partial charge in [-0.2, -0.15) is 9.98 Å². The Hall–Kier alpha value is -1.96. The molecule has 1 aromatic rings. The average Bonchev–Trinajstić information content (AvgIpc) is 2.47. The highest BCUT2D eigenvalue weighted by Gasteiger charge is 2.31. The number of amides is 1. The van der Waals surface area contributed by atoms with Crippen LogP contribution in [0, 0.1) is 11.5 Å². The topological polar surface area (TPSA) is 124 Å². The van der Waals surface area contributed by atoms with Crippen molar-refractivity contribution in [2.24, 2.45) is 0 Å². The fraction of sp³-hybridized carbons (Fsp3) is 0.385. The Labute approximate surface area is 135 Å². The number of nitrogens with zero attached hydrogens (tertiary/aromatic N) is 2. The molecular weight excluding hydrogens is 342 g/mol. The van der Waals surface area contributed by atoms with Crippen LogP contribution in [0.3, 0.4) is 0 Å². The molecule has 0 aliphatic carbocycles. The van der Waals surface area contributed by atoms with Gasteiger partial charge in [0.25, 0.3) is 5.91 Å². The van der Waals surface area contributed by atoms with Gasteiger partial charge in [0.2, 0.25) is 10.0 Å². The average molecular weight is 359 g/mol. The molecule has 1 unspecified atom stereocenters. The maximum atomic E-state index is 12.3. The zero-order valence-corrected chi connectivity index (χ0v) is 14.3. The van der Waals surface area contributed by atoms with E-state index in [1.165, 1.54) is 31.2 Å². The summed E-state index contributed by atoms with van der Waals surface area (Å²) in [5.41, 5.74) is 0. The number of carbonyl (C=O) groups excluding carboxylic acids is 1. The van der Waals surface area contributed by atoms with Crippen LogP contribution in [-0.2, 0) is 24.7 Å². The molecule has 0 fully saturated rings. The van der Waals surface area contributed by atoms with E-state index in [1.54, 1.807) is 12.3 Å². The summed E-state index contributed by atoms with van der Waals surface area (Å²) >= 11 is 0. The number of benzene rings is 1. The van der Waals surface area contributed by atoms with Crippen LogP contribution in [0.1, 0.15) is 6.92 Å². The van der Waals surface area contributed by atoms with Gasteiger partial charge in [0.05, 0.1) is 10.6 Å². The molecular formula is C13H17N3O5S2. The minimum absolute atomic E-state index is 0.00264. The minimum atomic E-state index is -4.10. The summed E-state index contributed by atoms with van der Waals surface area (Å²) in [6.07, 6.45) is 2.48. The molecule has 1 N–H and O–H groups in total. The van der Waals surface area contributed by atoms with Crippen molar-refractivity contribution in [1.29, 1.82) is 5.26 Å². The second-order valence-corrected chi connectivity index (χ2v) is 8.66. The first-order valence-corrected chi connectivity index (χ1v) is 10.1. The molecule has 0 spiro atoms. The fourth-order valence-electron chi connectivity index (χ4n) is 1.78. The molecule has 8 nitrogen and oxygen atoms in total. The largest absolute Gasteiger partial charge is 0.272 e. The lowest BCUT2D eigenvalue weighted by molar-refractivity contribution is -0.129. The number of nitriles is 1. The molecule has 0 saturated carbocycles. The van der Waals surface area contributed by atoms with Gasteiger partial charge in [0.1, 0.15) is 15.9 Å². The molecule has 1 aromatic carbocycles. The Morgan fingerprint density at radius 3 is 2.26 bits per heavy atom. The predicted molar refractivity (Wildman–Crippen MR) is 83.3 cm³/mol. The molecule has 0 aromatic heterocycles. The van der Waals surface area contributed by atoms with Gasteiger partial charge in [-0.25, -0.2) is 21.7 Å². The Bertz CT molecular complexity index is 798. The van der Waals surface area contributed by atoms with E-state index >= 15 is 0 Å². The van der Waals surface area contributed by atoms with Gasteiger partial charge in [-0.1, -0.05) is 18.2 Å². The molecule has 1 rings (SSSR count). The van der Waals surface area contributed by atoms with Crippen molar-refractivity contribution in [3.05, 3.63) is 30.3 Å². The van der Waals surface area contributed by atoms with Crippen LogP contribution in [0.25, 0.3) is 0 Å². The van der Waals surface area contributed by atoms with E-state index in [4.69, 9.17) is 5.26 Å². The maximum Gasteiger partial charge on any atom is 0.254 e. The molecule has 0 aliphatic rings. The third kappa shape index (κ3) is 5.63. The Kier molecular flexibility index (Phi) is 6.26. The third-order valence-electron chi connectivity index (χ3n) is 2.82. The van der Waals surface area contributed by atoms with Crippen molar-refractivity contribution in [3.63, 3.8) is 0 Å². The first-order chi connectivity index (χ1) is 10.6. The highest BCUT2D eigenvalue weighted by atomic mass is 32.2. The number of sulfonamides is 1. The smallest absolute Gasteiger partial charge is 0.254 e. The van der Waals surface area contributed by atoms with E-state index in [0.717, 1.165) is 6.26 Å². The highest BCUT2D eigenvalue weighted by Crippen LogP contribution is 2.10. The first kappa shape index (κ1) is 19.1. The molecule has 0 aliphatic heterocycles. The summed E-state index contributed by atoms with van der Waals surface area (Å²) in [4.78, 5) is 12.8. The van der Waals surface area contributed by atoms with Gasteiger partial charge in [-0.3, -0.25) is 4.79 Å². The Morgan fingerprint density at radius 2 is 1.83 bits per heavy atom. The molecule has 1 amide bonds. The van der Waals surface area contributed by atoms with Crippen LogP contribution in [0.2, 0.25) is 0 Å². The summed E-state index contributed by atoms with van der Waals surface area (Å²) in [5, 5.41) is 8.89. The molecule has 0 radical (unpaired) electrons. The van der Waals surface area contributed by atoms with Crippen LogP contribution in [-0.4, -0.2) is 52.2 Å². The fourth-order valence-corrected chi connectivity index (χ4v) is 3.92. The van der Waals surface area contributed by atoms with Gasteiger partial charge in [0.15, 0.2) is 6.19 Å². The van der Waals surface area contributed by atoms with Crippen LogP contribution in [0.15, 0.2) is 35.2 Å². The van der Waals surface area contributed by atoms with Crippen LogP contribution in [0.4, 0.5) is 0 Å². The summed E-state index contributed by atoms with van der Waals surface area (Å²) < 4.78 is 49.6. The summed E-state index contributed by atoms with van der Waals surface area (Å²) in [7, 11) is -7.75. The van der Waals surface area contributed by atoms with E-state index in [-0.39, 0.29) is 11.4 Å². The highest BCUT2D eigenvalue weighted by molar-refractivity contribution is 7.91. The lowest BCUT2D eigenvalue weighted by Gasteiger charge is -2.20. The zero-order valence-electron chi connectivity index (χ0n) is 12.6. The van der Waals surface area contributed by atoms with Gasteiger partial charge in [0, 0.05) is 12.8 Å². The number of carbonyl (C=O) groups is 1. The van der Waals surface area contributed by atoms with Gasteiger partial charge < -0.3 is 0 Å².